The van der Waals surface area contributed by atoms with Gasteiger partial charge in [-0.1, -0.05) is 0 Å². The van der Waals surface area contributed by atoms with Crippen LogP contribution in [0.5, 0.6) is 0 Å². The lowest BCUT2D eigenvalue weighted by molar-refractivity contribution is 0.0653. The number of amides is 1. The maximum absolute atomic E-state index is 11.8. The normalized spacial score (nSPS) is 16.4. The maximum atomic E-state index is 11.8. The lowest BCUT2D eigenvalue weighted by Gasteiger charge is -2.34. The van der Waals surface area contributed by atoms with Gasteiger partial charge in [-0.15, -0.1) is 0 Å². The second-order valence-electron chi connectivity index (χ2n) is 3.70. The topological polar surface area (TPSA) is 75.0 Å². The van der Waals surface area contributed by atoms with Gasteiger partial charge in [0.05, 0.1) is 6.20 Å². The molecule has 5 nitrogen and oxygen atoms in total. The lowest BCUT2D eigenvalue weighted by atomic mass is 9.91. The van der Waals surface area contributed by atoms with Crippen molar-refractivity contribution in [3.63, 3.8) is 0 Å². The molecule has 0 saturated heterocycles. The number of carbonyl (C=O) groups is 1. The minimum Gasteiger partial charge on any atom is -0.383 e. The molecule has 0 atom stereocenters. The Morgan fingerprint density at radius 2 is 2.43 bits per heavy atom. The Morgan fingerprint density at radius 3 is 2.86 bits per heavy atom. The molecule has 2 rings (SSSR count). The molecule has 76 valence electrons. The third kappa shape index (κ3) is 1.34. The summed E-state index contributed by atoms with van der Waals surface area (Å²) in [5.41, 5.74) is 6.04. The summed E-state index contributed by atoms with van der Waals surface area (Å²) in [5, 5.41) is 6.29. The number of nitrogen functional groups attached to an aromatic ring is 1. The molecule has 14 heavy (non-hydrogen) atoms. The minimum atomic E-state index is -0.0408. The monoisotopic (exact) mass is 194 g/mol. The Hall–Kier alpha value is -1.52. The van der Waals surface area contributed by atoms with Gasteiger partial charge in [0, 0.05) is 13.1 Å². The molecule has 0 unspecified atom stereocenters. The molecule has 0 aliphatic heterocycles. The van der Waals surface area contributed by atoms with E-state index in [9.17, 15) is 4.79 Å². The average molecular weight is 194 g/mol. The van der Waals surface area contributed by atoms with Crippen LogP contribution < -0.4 is 5.73 Å². The van der Waals surface area contributed by atoms with Crippen LogP contribution in [0.1, 0.15) is 29.6 Å². The number of hydrogen-bond acceptors (Lipinski definition) is 3. The van der Waals surface area contributed by atoms with Gasteiger partial charge in [-0.2, -0.15) is 5.10 Å². The van der Waals surface area contributed by atoms with Gasteiger partial charge in [-0.05, 0) is 19.3 Å². The van der Waals surface area contributed by atoms with Crippen molar-refractivity contribution in [2.45, 2.75) is 25.3 Å². The molecule has 1 heterocycles. The molecular weight excluding hydrogens is 180 g/mol. The summed E-state index contributed by atoms with van der Waals surface area (Å²) in [7, 11) is 1.82. The largest absolute Gasteiger partial charge is 0.383 e. The summed E-state index contributed by atoms with van der Waals surface area (Å²) >= 11 is 0. The first-order chi connectivity index (χ1) is 6.70. The molecule has 1 aliphatic rings. The van der Waals surface area contributed by atoms with E-state index in [1.165, 1.54) is 12.6 Å². The quantitative estimate of drug-likeness (QED) is 0.724. The first kappa shape index (κ1) is 9.05. The molecule has 1 aromatic rings. The highest BCUT2D eigenvalue weighted by molar-refractivity contribution is 5.98. The van der Waals surface area contributed by atoms with Gasteiger partial charge in [-0.3, -0.25) is 9.89 Å². The molecule has 1 amide bonds. The third-order valence-corrected chi connectivity index (χ3v) is 2.84. The number of carbonyl (C=O) groups excluding carboxylic acids is 1. The number of aromatic amines is 1. The van der Waals surface area contributed by atoms with Crippen molar-refractivity contribution in [2.75, 3.05) is 12.8 Å². The van der Waals surface area contributed by atoms with Crippen LogP contribution in [0.3, 0.4) is 0 Å². The van der Waals surface area contributed by atoms with Crippen molar-refractivity contribution >= 4 is 11.7 Å². The van der Waals surface area contributed by atoms with Gasteiger partial charge in [0.25, 0.3) is 5.91 Å². The Kier molecular flexibility index (Phi) is 2.15. The van der Waals surface area contributed by atoms with Gasteiger partial charge < -0.3 is 10.6 Å². The number of H-pyrrole nitrogens is 1. The van der Waals surface area contributed by atoms with Crippen molar-refractivity contribution in [1.82, 2.24) is 15.1 Å². The fourth-order valence-electron chi connectivity index (χ4n) is 1.60. The van der Waals surface area contributed by atoms with Crippen LogP contribution in [0, 0.1) is 0 Å². The van der Waals surface area contributed by atoms with Crippen molar-refractivity contribution < 1.29 is 4.79 Å². The number of nitrogens with one attached hydrogen (secondary N) is 1. The molecule has 1 aromatic heterocycles. The number of hydrogen-bond donors (Lipinski definition) is 2. The van der Waals surface area contributed by atoms with Gasteiger partial charge >= 0.3 is 0 Å². The molecule has 0 bridgehead atoms. The molecule has 0 radical (unpaired) electrons. The van der Waals surface area contributed by atoms with E-state index in [0.29, 0.717) is 17.4 Å². The molecule has 5 heteroatoms. The van der Waals surface area contributed by atoms with Crippen LogP contribution >= 0.6 is 0 Å². The van der Waals surface area contributed by atoms with Gasteiger partial charge in [0.1, 0.15) is 11.4 Å². The maximum Gasteiger partial charge on any atom is 0.259 e. The Bertz CT molecular complexity index is 342. The summed E-state index contributed by atoms with van der Waals surface area (Å²) < 4.78 is 0. The predicted octanol–water partition coefficient (Wildman–Crippen LogP) is 0.616. The fraction of sp³-hybridized carbons (Fsp3) is 0.556. The van der Waals surface area contributed by atoms with E-state index < -0.39 is 0 Å². The first-order valence-corrected chi connectivity index (χ1v) is 4.76. The van der Waals surface area contributed by atoms with Crippen molar-refractivity contribution in [2.24, 2.45) is 0 Å². The van der Waals surface area contributed by atoms with E-state index in [1.54, 1.807) is 4.90 Å². The molecular formula is C9H14N4O. The average Bonchev–Trinajstić information content (AvgIpc) is 2.47. The van der Waals surface area contributed by atoms with E-state index in [4.69, 9.17) is 5.73 Å². The van der Waals surface area contributed by atoms with Crippen molar-refractivity contribution in [3.8, 4) is 0 Å². The summed E-state index contributed by atoms with van der Waals surface area (Å²) in [4.78, 5) is 13.6. The molecule has 0 spiro atoms. The second-order valence-corrected chi connectivity index (χ2v) is 3.70. The van der Waals surface area contributed by atoms with Gasteiger partial charge in [0.2, 0.25) is 0 Å². The zero-order chi connectivity index (χ0) is 10.1. The van der Waals surface area contributed by atoms with Crippen molar-refractivity contribution in [1.29, 1.82) is 0 Å². The Balaban J connectivity index is 2.11. The number of nitrogens with two attached hydrogens (primary N) is 1. The summed E-state index contributed by atoms with van der Waals surface area (Å²) in [6.45, 7) is 0. The minimum absolute atomic E-state index is 0.0408. The van der Waals surface area contributed by atoms with E-state index >= 15 is 0 Å². The van der Waals surface area contributed by atoms with Crippen molar-refractivity contribution in [3.05, 3.63) is 11.8 Å². The van der Waals surface area contributed by atoms with E-state index in [1.807, 2.05) is 7.05 Å². The molecule has 1 saturated carbocycles. The second kappa shape index (κ2) is 3.32. The summed E-state index contributed by atoms with van der Waals surface area (Å²) in [6, 6.07) is 0.386. The molecule has 1 fully saturated rings. The highest BCUT2D eigenvalue weighted by Crippen LogP contribution is 2.25. The standard InChI is InChI=1S/C9H14N4O/c1-13(6-3-2-4-6)9(14)7-5-11-12-8(7)10/h5-6H,2-4H2,1H3,(H3,10,11,12). The van der Waals surface area contributed by atoms with E-state index in [-0.39, 0.29) is 5.91 Å². The highest BCUT2D eigenvalue weighted by Gasteiger charge is 2.27. The van der Waals surface area contributed by atoms with Crippen LogP contribution in [-0.2, 0) is 0 Å². The molecule has 1 aliphatic carbocycles. The highest BCUT2D eigenvalue weighted by atomic mass is 16.2. The van der Waals surface area contributed by atoms with Crippen LogP contribution in [0.4, 0.5) is 5.82 Å². The zero-order valence-electron chi connectivity index (χ0n) is 8.16. The first-order valence-electron chi connectivity index (χ1n) is 4.76. The predicted molar refractivity (Wildman–Crippen MR) is 52.7 cm³/mol. The lowest BCUT2D eigenvalue weighted by Crippen LogP contribution is -2.41. The SMILES string of the molecule is CN(C(=O)c1cn[nH]c1N)C1CCC1. The third-order valence-electron chi connectivity index (χ3n) is 2.84. The summed E-state index contributed by atoms with van der Waals surface area (Å²) in [6.07, 6.45) is 4.88. The van der Waals surface area contributed by atoms with Crippen LogP contribution in [0.2, 0.25) is 0 Å². The van der Waals surface area contributed by atoms with Crippen LogP contribution in [0.15, 0.2) is 6.20 Å². The number of aromatic nitrogens is 2. The number of nitrogens with zero attached hydrogens (tertiary/aromatic N) is 2. The Morgan fingerprint density at radius 1 is 1.71 bits per heavy atom. The van der Waals surface area contributed by atoms with E-state index in [2.05, 4.69) is 10.2 Å². The number of anilines is 1. The van der Waals surface area contributed by atoms with E-state index in [0.717, 1.165) is 12.8 Å². The van der Waals surface area contributed by atoms with Gasteiger partial charge in [0.15, 0.2) is 0 Å². The smallest absolute Gasteiger partial charge is 0.259 e. The van der Waals surface area contributed by atoms with Crippen LogP contribution in [-0.4, -0.2) is 34.1 Å². The number of rotatable bonds is 2. The molecule has 3 N–H and O–H groups in total. The molecule has 0 aromatic carbocycles. The van der Waals surface area contributed by atoms with Gasteiger partial charge in [-0.25, -0.2) is 0 Å². The zero-order valence-corrected chi connectivity index (χ0v) is 8.16. The Labute approximate surface area is 82.3 Å². The fourth-order valence-corrected chi connectivity index (χ4v) is 1.60. The summed E-state index contributed by atoms with van der Waals surface area (Å²) in [5.74, 6) is 0.308. The van der Waals surface area contributed by atoms with Crippen LogP contribution in [0.25, 0.3) is 0 Å².